The highest BCUT2D eigenvalue weighted by Crippen LogP contribution is 2.24. The first-order valence-electron chi connectivity index (χ1n) is 19.0. The molecule has 4 heterocycles. The molecule has 4 aliphatic rings. The molecule has 0 aromatic heterocycles. The fourth-order valence-electron chi connectivity index (χ4n) is 7.44. The predicted octanol–water partition coefficient (Wildman–Crippen LogP) is 6.73. The molecule has 2 aromatic carbocycles. The number of rotatable bonds is 15. The third kappa shape index (κ3) is 15.4. The first kappa shape index (κ1) is 37.8. The molecule has 2 N–H and O–H groups in total. The second kappa shape index (κ2) is 23.4. The van der Waals surface area contributed by atoms with Gasteiger partial charge in [0.25, 0.3) is 0 Å². The van der Waals surface area contributed by atoms with Crippen molar-refractivity contribution in [2.24, 2.45) is 0 Å². The van der Waals surface area contributed by atoms with Crippen molar-refractivity contribution >= 4 is 5.69 Å². The van der Waals surface area contributed by atoms with Crippen LogP contribution >= 0.6 is 0 Å². The Bertz CT molecular complexity index is 996. The van der Waals surface area contributed by atoms with Crippen LogP contribution in [-0.2, 0) is 9.47 Å². The smallest absolute Gasteiger partial charge is 0.0700 e. The van der Waals surface area contributed by atoms with Crippen molar-refractivity contribution < 1.29 is 9.47 Å². The van der Waals surface area contributed by atoms with Gasteiger partial charge in [0, 0.05) is 51.1 Å². The molecule has 0 aliphatic carbocycles. The molecule has 0 amide bonds. The normalized spacial score (nSPS) is 22.7. The van der Waals surface area contributed by atoms with E-state index in [-0.39, 0.29) is 0 Å². The van der Waals surface area contributed by atoms with Crippen LogP contribution in [0.15, 0.2) is 60.7 Å². The Morgan fingerprint density at radius 3 is 2.13 bits per heavy atom. The average molecular weight is 650 g/mol. The maximum absolute atomic E-state index is 5.61. The lowest BCUT2D eigenvalue weighted by molar-refractivity contribution is 0.0675. The molecule has 0 radical (unpaired) electrons. The zero-order valence-corrected chi connectivity index (χ0v) is 29.9. The van der Waals surface area contributed by atoms with Crippen LogP contribution < -0.4 is 10.6 Å². The summed E-state index contributed by atoms with van der Waals surface area (Å²) in [5.74, 6) is 0.630. The molecule has 4 saturated heterocycles. The maximum atomic E-state index is 5.61. The van der Waals surface area contributed by atoms with Gasteiger partial charge in [-0.05, 0) is 134 Å². The minimum absolute atomic E-state index is 0.630. The van der Waals surface area contributed by atoms with Gasteiger partial charge in [0.15, 0.2) is 0 Å². The summed E-state index contributed by atoms with van der Waals surface area (Å²) in [6.07, 6.45) is 14.8. The van der Waals surface area contributed by atoms with E-state index >= 15 is 0 Å². The Labute approximate surface area is 287 Å². The van der Waals surface area contributed by atoms with Gasteiger partial charge in [-0.2, -0.15) is 0 Å². The number of hydrogen-bond acceptors (Lipinski definition) is 7. The van der Waals surface area contributed by atoms with E-state index in [9.17, 15) is 0 Å². The lowest BCUT2D eigenvalue weighted by Gasteiger charge is -2.30. The molecule has 3 atom stereocenters. The zero-order valence-electron chi connectivity index (χ0n) is 29.9. The number of benzene rings is 2. The monoisotopic (exact) mass is 650 g/mol. The van der Waals surface area contributed by atoms with Crippen LogP contribution in [0.4, 0.5) is 5.69 Å². The average Bonchev–Trinajstić information content (AvgIpc) is 3.92. The fraction of sp³-hybridized carbons (Fsp3) is 0.700. The van der Waals surface area contributed by atoms with Crippen molar-refractivity contribution in [1.82, 2.24) is 20.0 Å². The number of likely N-dealkylation sites (tertiary alicyclic amines) is 3. The standard InChI is InChI=1S/C19H31NO2.C12H18N2.C9H18N2/c1-21-15-16-22-14-8-11-19(18-9-4-2-5-10-18)17-20-12-6-3-7-13-20;1-14-9-5-8-12(14)10-13-11-6-3-2-4-7-11;1-2-7-11(6-1)8-9-4-3-5-10-9/h2,4-5,9-10,19H,3,6-8,11-17H2,1H3;2-4,6-7,12-13H,5,8-10H2,1H3;9-10H,1-8H2/t19-;12-;9-/m000/s1. The Balaban J connectivity index is 0.000000171. The molecule has 7 nitrogen and oxygen atoms in total. The number of anilines is 1. The number of hydrogen-bond donors (Lipinski definition) is 2. The summed E-state index contributed by atoms with van der Waals surface area (Å²) in [7, 11) is 3.93. The largest absolute Gasteiger partial charge is 0.383 e. The van der Waals surface area contributed by atoms with Crippen LogP contribution in [0.1, 0.15) is 82.1 Å². The van der Waals surface area contributed by atoms with Gasteiger partial charge in [-0.25, -0.2) is 0 Å². The molecule has 0 saturated carbocycles. The van der Waals surface area contributed by atoms with Gasteiger partial charge in [0.2, 0.25) is 0 Å². The Kier molecular flexibility index (Phi) is 18.8. The van der Waals surface area contributed by atoms with Crippen molar-refractivity contribution in [2.45, 2.75) is 88.6 Å². The minimum Gasteiger partial charge on any atom is -0.383 e. The third-order valence-corrected chi connectivity index (χ3v) is 10.3. The lowest BCUT2D eigenvalue weighted by Crippen LogP contribution is -2.35. The molecule has 6 rings (SSSR count). The Morgan fingerprint density at radius 1 is 0.766 bits per heavy atom. The van der Waals surface area contributed by atoms with Crippen LogP contribution in [0.25, 0.3) is 0 Å². The van der Waals surface area contributed by atoms with E-state index in [0.29, 0.717) is 19.1 Å². The van der Waals surface area contributed by atoms with Gasteiger partial charge in [0.05, 0.1) is 13.2 Å². The molecule has 4 aliphatic heterocycles. The van der Waals surface area contributed by atoms with Gasteiger partial charge in [-0.15, -0.1) is 0 Å². The number of para-hydroxylation sites is 1. The number of ether oxygens (including phenoxy) is 2. The van der Waals surface area contributed by atoms with Gasteiger partial charge in [-0.1, -0.05) is 55.0 Å². The quantitative estimate of drug-likeness (QED) is 0.208. The summed E-state index contributed by atoms with van der Waals surface area (Å²) in [5.41, 5.74) is 2.71. The van der Waals surface area contributed by atoms with E-state index in [1.807, 2.05) is 6.07 Å². The predicted molar refractivity (Wildman–Crippen MR) is 199 cm³/mol. The second-order valence-electron chi connectivity index (χ2n) is 14.0. The SMILES string of the molecule is C1CN[C@H](CN2CCCC2)C1.CN1CCC[C@H]1CNc1ccccc1.COCCOCCC[C@@H](CN1CCCCC1)c1ccccc1. The summed E-state index contributed by atoms with van der Waals surface area (Å²) in [6, 6.07) is 22.9. The molecule has 0 bridgehead atoms. The molecule has 264 valence electrons. The first-order chi connectivity index (χ1) is 23.2. The third-order valence-electron chi connectivity index (χ3n) is 10.3. The van der Waals surface area contributed by atoms with Gasteiger partial charge in [0.1, 0.15) is 0 Å². The number of piperidine rings is 1. The molecule has 2 aromatic rings. The summed E-state index contributed by atoms with van der Waals surface area (Å²) in [6.45, 7) is 13.5. The topological polar surface area (TPSA) is 52.2 Å². The number of methoxy groups -OCH3 is 1. The van der Waals surface area contributed by atoms with Crippen molar-refractivity contribution in [2.75, 3.05) is 98.2 Å². The van der Waals surface area contributed by atoms with Crippen molar-refractivity contribution in [3.05, 3.63) is 66.2 Å². The van der Waals surface area contributed by atoms with E-state index in [0.717, 1.165) is 31.7 Å². The summed E-state index contributed by atoms with van der Waals surface area (Å²) >= 11 is 0. The molecular formula is C40H67N5O2. The van der Waals surface area contributed by atoms with Crippen LogP contribution in [-0.4, -0.2) is 120 Å². The van der Waals surface area contributed by atoms with Crippen molar-refractivity contribution in [3.8, 4) is 0 Å². The Hall–Kier alpha value is -2.00. The fourth-order valence-corrected chi connectivity index (χ4v) is 7.44. The highest BCUT2D eigenvalue weighted by atomic mass is 16.5. The van der Waals surface area contributed by atoms with E-state index in [1.54, 1.807) is 7.11 Å². The highest BCUT2D eigenvalue weighted by Gasteiger charge is 2.21. The molecular weight excluding hydrogens is 582 g/mol. The minimum atomic E-state index is 0.630. The molecule has 7 heteroatoms. The molecule has 47 heavy (non-hydrogen) atoms. The van der Waals surface area contributed by atoms with Gasteiger partial charge in [-0.3, -0.25) is 0 Å². The van der Waals surface area contributed by atoms with Crippen LogP contribution in [0, 0.1) is 0 Å². The van der Waals surface area contributed by atoms with Crippen molar-refractivity contribution in [3.63, 3.8) is 0 Å². The number of nitrogens with one attached hydrogen (secondary N) is 2. The number of likely N-dealkylation sites (N-methyl/N-ethyl adjacent to an activating group) is 1. The molecule has 0 spiro atoms. The first-order valence-corrected chi connectivity index (χ1v) is 19.0. The van der Waals surface area contributed by atoms with Crippen LogP contribution in [0.2, 0.25) is 0 Å². The summed E-state index contributed by atoms with van der Waals surface area (Å²) in [4.78, 5) is 7.69. The summed E-state index contributed by atoms with van der Waals surface area (Å²) < 4.78 is 10.6. The Morgan fingerprint density at radius 2 is 1.47 bits per heavy atom. The van der Waals surface area contributed by atoms with E-state index in [2.05, 4.69) is 87.0 Å². The van der Waals surface area contributed by atoms with E-state index < -0.39 is 0 Å². The maximum Gasteiger partial charge on any atom is 0.0700 e. The van der Waals surface area contributed by atoms with Crippen molar-refractivity contribution in [1.29, 1.82) is 0 Å². The van der Waals surface area contributed by atoms with Crippen LogP contribution in [0.5, 0.6) is 0 Å². The van der Waals surface area contributed by atoms with E-state index in [4.69, 9.17) is 9.47 Å². The highest BCUT2D eigenvalue weighted by molar-refractivity contribution is 5.42. The molecule has 0 unspecified atom stereocenters. The zero-order chi connectivity index (χ0) is 32.8. The van der Waals surface area contributed by atoms with Gasteiger partial charge >= 0.3 is 0 Å². The van der Waals surface area contributed by atoms with E-state index in [1.165, 1.54) is 128 Å². The molecule has 4 fully saturated rings. The van der Waals surface area contributed by atoms with Gasteiger partial charge < -0.3 is 34.8 Å². The number of nitrogens with zero attached hydrogens (tertiary/aromatic N) is 3. The van der Waals surface area contributed by atoms with Crippen LogP contribution in [0.3, 0.4) is 0 Å². The summed E-state index contributed by atoms with van der Waals surface area (Å²) in [5, 5.41) is 7.02. The lowest BCUT2D eigenvalue weighted by atomic mass is 9.93. The second-order valence-corrected chi connectivity index (χ2v) is 14.0.